The number of aromatic amines is 1. The van der Waals surface area contributed by atoms with E-state index >= 15 is 0 Å². The van der Waals surface area contributed by atoms with Crippen molar-refractivity contribution in [3.05, 3.63) is 17.7 Å². The van der Waals surface area contributed by atoms with Crippen LogP contribution in [0.5, 0.6) is 0 Å². The highest BCUT2D eigenvalue weighted by Crippen LogP contribution is 2.55. The lowest BCUT2D eigenvalue weighted by atomic mass is 9.89. The monoisotopic (exact) mass is 192 g/mol. The Labute approximate surface area is 83.9 Å². The van der Waals surface area contributed by atoms with E-state index in [1.165, 1.54) is 6.42 Å². The number of carbonyl (C=O) groups is 1. The molecule has 14 heavy (non-hydrogen) atoms. The van der Waals surface area contributed by atoms with E-state index in [0.29, 0.717) is 22.9 Å². The third-order valence-electron chi connectivity index (χ3n) is 3.00. The van der Waals surface area contributed by atoms with Crippen LogP contribution in [0.25, 0.3) is 0 Å². The summed E-state index contributed by atoms with van der Waals surface area (Å²) < 4.78 is 0. The Morgan fingerprint density at radius 1 is 1.57 bits per heavy atom. The molecule has 1 N–H and O–H groups in total. The summed E-state index contributed by atoms with van der Waals surface area (Å²) in [6, 6.07) is 0. The predicted octanol–water partition coefficient (Wildman–Crippen LogP) is 2.37. The third kappa shape index (κ3) is 1.59. The molecule has 1 aromatic rings. The fourth-order valence-corrected chi connectivity index (χ4v) is 2.05. The minimum Gasteiger partial charge on any atom is -0.340 e. The predicted molar refractivity (Wildman–Crippen MR) is 54.3 cm³/mol. The lowest BCUT2D eigenvalue weighted by molar-refractivity contribution is 0.111. The maximum atomic E-state index is 10.5. The standard InChI is InChI=1S/C11H16N2O/c1-11(2,3)9-4-8(9)10-12-5-7(6-14)13-10/h5-6,8-9H,4H2,1-3H3,(H,12,13). The van der Waals surface area contributed by atoms with E-state index in [-0.39, 0.29) is 0 Å². The number of H-pyrrole nitrogens is 1. The first-order valence-electron chi connectivity index (χ1n) is 5.02. The number of carbonyl (C=O) groups excluding carboxylic acids is 1. The second kappa shape index (κ2) is 2.94. The molecule has 0 amide bonds. The van der Waals surface area contributed by atoms with Gasteiger partial charge in [0, 0.05) is 5.92 Å². The number of rotatable bonds is 2. The number of nitrogens with zero attached hydrogens (tertiary/aromatic N) is 1. The second-order valence-electron chi connectivity index (χ2n) is 5.16. The second-order valence-corrected chi connectivity index (χ2v) is 5.16. The molecule has 3 heteroatoms. The Hall–Kier alpha value is -1.12. The number of nitrogens with one attached hydrogen (secondary N) is 1. The SMILES string of the molecule is CC(C)(C)C1CC1c1ncc(C=O)[nH]1. The van der Waals surface area contributed by atoms with Gasteiger partial charge in [0.15, 0.2) is 6.29 Å². The molecule has 1 aromatic heterocycles. The Bertz CT molecular complexity index is 348. The van der Waals surface area contributed by atoms with Crippen molar-refractivity contribution in [2.75, 3.05) is 0 Å². The summed E-state index contributed by atoms with van der Waals surface area (Å²) in [6.45, 7) is 6.75. The van der Waals surface area contributed by atoms with Gasteiger partial charge in [-0.25, -0.2) is 4.98 Å². The normalized spacial score (nSPS) is 26.2. The first-order valence-corrected chi connectivity index (χ1v) is 5.02. The lowest BCUT2D eigenvalue weighted by Crippen LogP contribution is -2.09. The zero-order valence-electron chi connectivity index (χ0n) is 8.87. The Kier molecular flexibility index (Phi) is 1.98. The largest absolute Gasteiger partial charge is 0.340 e. The van der Waals surface area contributed by atoms with Crippen LogP contribution in [0.1, 0.15) is 49.4 Å². The minimum atomic E-state index is 0.346. The van der Waals surface area contributed by atoms with Crippen LogP contribution < -0.4 is 0 Å². The molecule has 1 saturated carbocycles. The average molecular weight is 192 g/mol. The summed E-state index contributed by atoms with van der Waals surface area (Å²) in [4.78, 5) is 17.7. The summed E-state index contributed by atoms with van der Waals surface area (Å²) >= 11 is 0. The highest BCUT2D eigenvalue weighted by Gasteiger charge is 2.47. The van der Waals surface area contributed by atoms with E-state index < -0.39 is 0 Å². The van der Waals surface area contributed by atoms with Gasteiger partial charge in [0.1, 0.15) is 5.82 Å². The van der Waals surface area contributed by atoms with Crippen molar-refractivity contribution in [3.8, 4) is 0 Å². The van der Waals surface area contributed by atoms with Crippen LogP contribution in [-0.2, 0) is 0 Å². The quantitative estimate of drug-likeness (QED) is 0.731. The molecule has 1 fully saturated rings. The van der Waals surface area contributed by atoms with E-state index in [1.807, 2.05) is 0 Å². The minimum absolute atomic E-state index is 0.346. The summed E-state index contributed by atoms with van der Waals surface area (Å²) in [5, 5.41) is 0. The van der Waals surface area contributed by atoms with Crippen molar-refractivity contribution in [1.82, 2.24) is 9.97 Å². The van der Waals surface area contributed by atoms with Crippen molar-refractivity contribution >= 4 is 6.29 Å². The molecular weight excluding hydrogens is 176 g/mol. The van der Waals surface area contributed by atoms with Crippen molar-refractivity contribution in [2.24, 2.45) is 11.3 Å². The summed E-state index contributed by atoms with van der Waals surface area (Å²) in [6.07, 6.45) is 3.61. The van der Waals surface area contributed by atoms with E-state index in [9.17, 15) is 4.79 Å². The van der Waals surface area contributed by atoms with Gasteiger partial charge in [0.25, 0.3) is 0 Å². The van der Waals surface area contributed by atoms with Crippen LogP contribution in [0.4, 0.5) is 0 Å². The van der Waals surface area contributed by atoms with Crippen molar-refractivity contribution in [2.45, 2.75) is 33.1 Å². The van der Waals surface area contributed by atoms with Gasteiger partial charge in [-0.3, -0.25) is 4.79 Å². The van der Waals surface area contributed by atoms with Gasteiger partial charge in [0.2, 0.25) is 0 Å². The van der Waals surface area contributed by atoms with E-state index in [1.54, 1.807) is 6.20 Å². The third-order valence-corrected chi connectivity index (χ3v) is 3.00. The van der Waals surface area contributed by atoms with Crippen LogP contribution in [0, 0.1) is 11.3 Å². The molecule has 1 aliphatic carbocycles. The topological polar surface area (TPSA) is 45.8 Å². The lowest BCUT2D eigenvalue weighted by Gasteiger charge is -2.17. The van der Waals surface area contributed by atoms with Crippen LogP contribution in [0.15, 0.2) is 6.20 Å². The maximum Gasteiger partial charge on any atom is 0.167 e. The highest BCUT2D eigenvalue weighted by molar-refractivity contribution is 5.71. The van der Waals surface area contributed by atoms with Crippen molar-refractivity contribution < 1.29 is 4.79 Å². The molecule has 3 nitrogen and oxygen atoms in total. The molecule has 0 aliphatic heterocycles. The zero-order chi connectivity index (χ0) is 10.3. The van der Waals surface area contributed by atoms with E-state index in [0.717, 1.165) is 12.1 Å². The molecular formula is C11H16N2O. The Balaban J connectivity index is 2.09. The van der Waals surface area contributed by atoms with Gasteiger partial charge < -0.3 is 4.98 Å². The van der Waals surface area contributed by atoms with Crippen LogP contribution in [0.2, 0.25) is 0 Å². The molecule has 0 radical (unpaired) electrons. The number of imidazole rings is 1. The number of aldehydes is 1. The molecule has 0 spiro atoms. The van der Waals surface area contributed by atoms with Gasteiger partial charge in [-0.05, 0) is 17.8 Å². The molecule has 0 aromatic carbocycles. The molecule has 0 saturated heterocycles. The molecule has 1 aliphatic rings. The van der Waals surface area contributed by atoms with E-state index in [4.69, 9.17) is 0 Å². The maximum absolute atomic E-state index is 10.5. The van der Waals surface area contributed by atoms with Crippen LogP contribution >= 0.6 is 0 Å². The first kappa shape index (κ1) is 9.44. The van der Waals surface area contributed by atoms with Crippen LogP contribution in [-0.4, -0.2) is 16.3 Å². The Morgan fingerprint density at radius 2 is 2.29 bits per heavy atom. The van der Waals surface area contributed by atoms with Gasteiger partial charge >= 0.3 is 0 Å². The molecule has 2 rings (SSSR count). The molecule has 0 bridgehead atoms. The molecule has 76 valence electrons. The molecule has 1 heterocycles. The van der Waals surface area contributed by atoms with Crippen molar-refractivity contribution in [3.63, 3.8) is 0 Å². The van der Waals surface area contributed by atoms with E-state index in [2.05, 4.69) is 30.7 Å². The highest BCUT2D eigenvalue weighted by atomic mass is 16.1. The number of hydrogen-bond donors (Lipinski definition) is 1. The summed E-state index contributed by atoms with van der Waals surface area (Å²) in [5.74, 6) is 2.21. The van der Waals surface area contributed by atoms with Crippen LogP contribution in [0.3, 0.4) is 0 Å². The van der Waals surface area contributed by atoms with Gasteiger partial charge in [0.05, 0.1) is 11.9 Å². The average Bonchev–Trinajstić information content (AvgIpc) is 2.78. The summed E-state index contributed by atoms with van der Waals surface area (Å²) in [5.41, 5.74) is 0.929. The smallest absolute Gasteiger partial charge is 0.167 e. The number of hydrogen-bond acceptors (Lipinski definition) is 2. The van der Waals surface area contributed by atoms with Crippen molar-refractivity contribution in [1.29, 1.82) is 0 Å². The zero-order valence-corrected chi connectivity index (χ0v) is 8.87. The summed E-state index contributed by atoms with van der Waals surface area (Å²) in [7, 11) is 0. The van der Waals surface area contributed by atoms with Gasteiger partial charge in [-0.15, -0.1) is 0 Å². The Morgan fingerprint density at radius 3 is 2.71 bits per heavy atom. The fraction of sp³-hybridized carbons (Fsp3) is 0.636. The number of aromatic nitrogens is 2. The van der Waals surface area contributed by atoms with Gasteiger partial charge in [-0.2, -0.15) is 0 Å². The molecule has 2 atom stereocenters. The van der Waals surface area contributed by atoms with Gasteiger partial charge in [-0.1, -0.05) is 20.8 Å². The fourth-order valence-electron chi connectivity index (χ4n) is 2.05. The first-order chi connectivity index (χ1) is 6.52. The molecule has 2 unspecified atom stereocenters.